The molecular formula is C16H14N2O3. The summed E-state index contributed by atoms with van der Waals surface area (Å²) in [5.74, 6) is -1.08. The van der Waals surface area contributed by atoms with Crippen LogP contribution in [0.15, 0.2) is 48.7 Å². The van der Waals surface area contributed by atoms with E-state index in [2.05, 4.69) is 10.3 Å². The maximum Gasteiger partial charge on any atom is 0.337 e. The number of carboxylic acids is 1. The second-order valence-corrected chi connectivity index (χ2v) is 4.47. The van der Waals surface area contributed by atoms with Crippen molar-refractivity contribution in [2.45, 2.75) is 6.92 Å². The SMILES string of the molecule is Cc1ccc(C=CC(=O)Nc2ccc(C(=O)O)cn2)cc1. The minimum Gasteiger partial charge on any atom is -0.478 e. The number of nitrogens with one attached hydrogen (secondary N) is 1. The highest BCUT2D eigenvalue weighted by atomic mass is 16.4. The Bertz CT molecular complexity index is 674. The van der Waals surface area contributed by atoms with E-state index in [0.29, 0.717) is 5.82 Å². The van der Waals surface area contributed by atoms with Gasteiger partial charge < -0.3 is 10.4 Å². The number of aromatic nitrogens is 1. The molecule has 0 radical (unpaired) electrons. The number of hydrogen-bond donors (Lipinski definition) is 2. The maximum absolute atomic E-state index is 11.7. The van der Waals surface area contributed by atoms with Gasteiger partial charge in [-0.1, -0.05) is 29.8 Å². The van der Waals surface area contributed by atoms with E-state index in [9.17, 15) is 9.59 Å². The van der Waals surface area contributed by atoms with E-state index in [-0.39, 0.29) is 11.5 Å². The molecule has 0 aliphatic rings. The number of hydrogen-bond acceptors (Lipinski definition) is 3. The number of aryl methyl sites for hydroxylation is 1. The first-order chi connectivity index (χ1) is 10.0. The largest absolute Gasteiger partial charge is 0.478 e. The van der Waals surface area contributed by atoms with Crippen LogP contribution in [0.2, 0.25) is 0 Å². The van der Waals surface area contributed by atoms with Gasteiger partial charge in [-0.15, -0.1) is 0 Å². The van der Waals surface area contributed by atoms with Crippen LogP contribution < -0.4 is 5.32 Å². The standard InChI is InChI=1S/C16H14N2O3/c1-11-2-4-12(5-3-11)6-9-15(19)18-14-8-7-13(10-17-14)16(20)21/h2-10H,1H3,(H,20,21)(H,17,18,19). The molecule has 1 heterocycles. The second kappa shape index (κ2) is 6.47. The molecule has 1 aromatic heterocycles. The first-order valence-corrected chi connectivity index (χ1v) is 6.30. The number of carbonyl (C=O) groups is 2. The molecule has 1 aromatic carbocycles. The van der Waals surface area contributed by atoms with Crippen molar-refractivity contribution < 1.29 is 14.7 Å². The van der Waals surface area contributed by atoms with Crippen molar-refractivity contribution in [2.24, 2.45) is 0 Å². The lowest BCUT2D eigenvalue weighted by molar-refractivity contribution is -0.111. The minimum atomic E-state index is -1.06. The summed E-state index contributed by atoms with van der Waals surface area (Å²) in [7, 11) is 0. The highest BCUT2D eigenvalue weighted by Gasteiger charge is 2.04. The van der Waals surface area contributed by atoms with Crippen molar-refractivity contribution in [3.05, 3.63) is 65.4 Å². The Hall–Kier alpha value is -2.95. The molecule has 0 saturated heterocycles. The Morgan fingerprint density at radius 1 is 1.14 bits per heavy atom. The molecule has 0 atom stereocenters. The van der Waals surface area contributed by atoms with Gasteiger partial charge in [0.2, 0.25) is 5.91 Å². The van der Waals surface area contributed by atoms with E-state index in [1.54, 1.807) is 6.08 Å². The summed E-state index contributed by atoms with van der Waals surface area (Å²) < 4.78 is 0. The average Bonchev–Trinajstić information content (AvgIpc) is 2.47. The van der Waals surface area contributed by atoms with E-state index in [1.807, 2.05) is 31.2 Å². The predicted molar refractivity (Wildman–Crippen MR) is 80.0 cm³/mol. The van der Waals surface area contributed by atoms with Crippen molar-refractivity contribution in [1.29, 1.82) is 0 Å². The molecule has 2 N–H and O–H groups in total. The molecule has 106 valence electrons. The summed E-state index contributed by atoms with van der Waals surface area (Å²) in [6, 6.07) is 10.6. The number of benzene rings is 1. The van der Waals surface area contributed by atoms with Gasteiger partial charge >= 0.3 is 5.97 Å². The summed E-state index contributed by atoms with van der Waals surface area (Å²) >= 11 is 0. The number of anilines is 1. The second-order valence-electron chi connectivity index (χ2n) is 4.47. The number of carboxylic acid groups (broad SMARTS) is 1. The number of nitrogens with zero attached hydrogens (tertiary/aromatic N) is 1. The van der Waals surface area contributed by atoms with E-state index in [0.717, 1.165) is 11.1 Å². The monoisotopic (exact) mass is 282 g/mol. The lowest BCUT2D eigenvalue weighted by Gasteiger charge is -2.01. The third kappa shape index (κ3) is 4.28. The Kier molecular flexibility index (Phi) is 4.46. The van der Waals surface area contributed by atoms with Crippen LogP contribution in [0.1, 0.15) is 21.5 Å². The van der Waals surface area contributed by atoms with Gasteiger partial charge in [-0.2, -0.15) is 0 Å². The van der Waals surface area contributed by atoms with Crippen molar-refractivity contribution in [1.82, 2.24) is 4.98 Å². The van der Waals surface area contributed by atoms with Crippen LogP contribution in [-0.4, -0.2) is 22.0 Å². The van der Waals surface area contributed by atoms with Gasteiger partial charge in [0.05, 0.1) is 5.56 Å². The number of pyridine rings is 1. The molecule has 5 heteroatoms. The van der Waals surface area contributed by atoms with E-state index >= 15 is 0 Å². The maximum atomic E-state index is 11.7. The summed E-state index contributed by atoms with van der Waals surface area (Å²) in [6.45, 7) is 1.99. The molecular weight excluding hydrogens is 268 g/mol. The Morgan fingerprint density at radius 3 is 2.43 bits per heavy atom. The zero-order chi connectivity index (χ0) is 15.2. The van der Waals surface area contributed by atoms with Crippen LogP contribution in [0.5, 0.6) is 0 Å². The molecule has 0 bridgehead atoms. The van der Waals surface area contributed by atoms with Gasteiger partial charge in [-0.25, -0.2) is 9.78 Å². The molecule has 5 nitrogen and oxygen atoms in total. The van der Waals surface area contributed by atoms with Crippen LogP contribution in [0.4, 0.5) is 5.82 Å². The fraction of sp³-hybridized carbons (Fsp3) is 0.0625. The Balaban J connectivity index is 1.98. The summed E-state index contributed by atoms with van der Waals surface area (Å²) in [4.78, 5) is 26.3. The van der Waals surface area contributed by atoms with Gasteiger partial charge in [-0.3, -0.25) is 4.79 Å². The van der Waals surface area contributed by atoms with Crippen LogP contribution in [-0.2, 0) is 4.79 Å². The molecule has 1 amide bonds. The Morgan fingerprint density at radius 2 is 1.86 bits per heavy atom. The Labute approximate surface area is 122 Å². The molecule has 0 aliphatic heterocycles. The molecule has 0 fully saturated rings. The van der Waals surface area contributed by atoms with Crippen LogP contribution in [0.25, 0.3) is 6.08 Å². The summed E-state index contributed by atoms with van der Waals surface area (Å²) in [5, 5.41) is 11.3. The third-order valence-corrected chi connectivity index (χ3v) is 2.77. The summed E-state index contributed by atoms with van der Waals surface area (Å²) in [6.07, 6.45) is 4.29. The topological polar surface area (TPSA) is 79.3 Å². The molecule has 0 spiro atoms. The first-order valence-electron chi connectivity index (χ1n) is 6.30. The first kappa shape index (κ1) is 14.5. The number of aromatic carboxylic acids is 1. The smallest absolute Gasteiger partial charge is 0.337 e. The van der Waals surface area contributed by atoms with E-state index in [1.165, 1.54) is 24.4 Å². The van der Waals surface area contributed by atoms with Crippen molar-refractivity contribution in [2.75, 3.05) is 5.32 Å². The molecule has 0 unspecified atom stereocenters. The van der Waals surface area contributed by atoms with E-state index in [4.69, 9.17) is 5.11 Å². The van der Waals surface area contributed by atoms with Crippen molar-refractivity contribution in [3.63, 3.8) is 0 Å². The van der Waals surface area contributed by atoms with Crippen molar-refractivity contribution in [3.8, 4) is 0 Å². The molecule has 0 aliphatic carbocycles. The summed E-state index contributed by atoms with van der Waals surface area (Å²) in [5.41, 5.74) is 2.15. The highest BCUT2D eigenvalue weighted by molar-refractivity contribution is 6.01. The van der Waals surface area contributed by atoms with Gasteiger partial charge in [-0.05, 0) is 30.7 Å². The quantitative estimate of drug-likeness (QED) is 0.845. The highest BCUT2D eigenvalue weighted by Crippen LogP contribution is 2.07. The number of carbonyl (C=O) groups excluding carboxylic acids is 1. The predicted octanol–water partition coefficient (Wildman–Crippen LogP) is 2.74. The number of rotatable bonds is 4. The fourth-order valence-corrected chi connectivity index (χ4v) is 1.61. The third-order valence-electron chi connectivity index (χ3n) is 2.77. The van der Waals surface area contributed by atoms with Crippen LogP contribution in [0.3, 0.4) is 0 Å². The van der Waals surface area contributed by atoms with Crippen LogP contribution >= 0.6 is 0 Å². The van der Waals surface area contributed by atoms with Gasteiger partial charge in [0.25, 0.3) is 0 Å². The minimum absolute atomic E-state index is 0.0724. The zero-order valence-electron chi connectivity index (χ0n) is 11.4. The molecule has 21 heavy (non-hydrogen) atoms. The van der Waals surface area contributed by atoms with Gasteiger partial charge in [0, 0.05) is 12.3 Å². The zero-order valence-corrected chi connectivity index (χ0v) is 11.4. The number of amides is 1. The molecule has 0 saturated carbocycles. The van der Waals surface area contributed by atoms with Gasteiger partial charge in [0.1, 0.15) is 5.82 Å². The van der Waals surface area contributed by atoms with Crippen molar-refractivity contribution >= 4 is 23.8 Å². The molecule has 2 aromatic rings. The normalized spacial score (nSPS) is 10.5. The van der Waals surface area contributed by atoms with Gasteiger partial charge in [0.15, 0.2) is 0 Å². The lowest BCUT2D eigenvalue weighted by atomic mass is 10.1. The molecule has 2 rings (SSSR count). The van der Waals surface area contributed by atoms with E-state index < -0.39 is 5.97 Å². The lowest BCUT2D eigenvalue weighted by Crippen LogP contribution is -2.09. The fourth-order valence-electron chi connectivity index (χ4n) is 1.61. The van der Waals surface area contributed by atoms with Crippen LogP contribution in [0, 0.1) is 6.92 Å². The average molecular weight is 282 g/mol.